The summed E-state index contributed by atoms with van der Waals surface area (Å²) < 4.78 is 27.6. The molecule has 5 heteroatoms. The highest BCUT2D eigenvalue weighted by molar-refractivity contribution is 7.88. The van der Waals surface area contributed by atoms with Crippen molar-refractivity contribution in [3.63, 3.8) is 0 Å². The number of likely N-dealkylation sites (tertiary alicyclic amines) is 1. The van der Waals surface area contributed by atoms with Gasteiger partial charge in [0.2, 0.25) is 10.0 Å². The van der Waals surface area contributed by atoms with E-state index in [0.29, 0.717) is 13.1 Å². The quantitative estimate of drug-likeness (QED) is 0.768. The molecule has 24 heavy (non-hydrogen) atoms. The first-order valence-electron chi connectivity index (χ1n) is 8.85. The predicted molar refractivity (Wildman–Crippen MR) is 98.3 cm³/mol. The van der Waals surface area contributed by atoms with Gasteiger partial charge in [-0.15, -0.1) is 6.58 Å². The maximum atomic E-state index is 12.9. The van der Waals surface area contributed by atoms with Crippen LogP contribution in [0.25, 0.3) is 0 Å². The lowest BCUT2D eigenvalue weighted by atomic mass is 9.87. The van der Waals surface area contributed by atoms with Crippen LogP contribution in [0.4, 0.5) is 0 Å². The maximum absolute atomic E-state index is 12.9. The van der Waals surface area contributed by atoms with Crippen LogP contribution >= 0.6 is 0 Å². The highest BCUT2D eigenvalue weighted by Gasteiger charge is 2.45. The van der Waals surface area contributed by atoms with Crippen molar-refractivity contribution in [2.45, 2.75) is 43.9 Å². The zero-order chi connectivity index (χ0) is 17.2. The summed E-state index contributed by atoms with van der Waals surface area (Å²) in [6.45, 7) is 9.07. The molecule has 1 atom stereocenters. The van der Waals surface area contributed by atoms with Crippen LogP contribution in [-0.2, 0) is 15.8 Å². The number of hydrogen-bond donors (Lipinski definition) is 0. The van der Waals surface area contributed by atoms with Gasteiger partial charge in [-0.2, -0.15) is 4.31 Å². The maximum Gasteiger partial charge on any atom is 0.218 e. The second-order valence-electron chi connectivity index (χ2n) is 7.24. The van der Waals surface area contributed by atoms with Gasteiger partial charge in [-0.25, -0.2) is 8.42 Å². The lowest BCUT2D eigenvalue weighted by molar-refractivity contribution is 0.0841. The van der Waals surface area contributed by atoms with E-state index in [9.17, 15) is 8.42 Å². The molecule has 0 amide bonds. The zero-order valence-electron chi connectivity index (χ0n) is 14.6. The average molecular weight is 349 g/mol. The molecule has 1 aromatic rings. The Morgan fingerprint density at radius 1 is 1.17 bits per heavy atom. The van der Waals surface area contributed by atoms with Crippen LogP contribution in [0.5, 0.6) is 0 Å². The summed E-state index contributed by atoms with van der Waals surface area (Å²) in [6.07, 6.45) is 6.22. The van der Waals surface area contributed by atoms with Crippen molar-refractivity contribution in [2.75, 3.05) is 26.2 Å². The molecule has 0 N–H and O–H groups in total. The Labute approximate surface area is 146 Å². The molecule has 2 saturated heterocycles. The number of nitrogens with zero attached hydrogens (tertiary/aromatic N) is 2. The fourth-order valence-corrected chi connectivity index (χ4v) is 5.83. The van der Waals surface area contributed by atoms with E-state index in [2.05, 4.69) is 11.5 Å². The molecule has 1 aromatic carbocycles. The molecule has 1 spiro atoms. The number of sulfonamides is 1. The van der Waals surface area contributed by atoms with Gasteiger partial charge in [0.25, 0.3) is 0 Å². The van der Waals surface area contributed by atoms with E-state index in [-0.39, 0.29) is 11.3 Å². The van der Waals surface area contributed by atoms with Crippen LogP contribution in [0.2, 0.25) is 0 Å². The Bertz CT molecular complexity index is 684. The third-order valence-electron chi connectivity index (χ3n) is 5.47. The van der Waals surface area contributed by atoms with Crippen molar-refractivity contribution in [3.8, 4) is 0 Å². The van der Waals surface area contributed by atoms with Gasteiger partial charge in [0, 0.05) is 25.2 Å². The van der Waals surface area contributed by atoms with E-state index < -0.39 is 10.0 Å². The fraction of sp³-hybridized carbons (Fsp3) is 0.579. The molecule has 0 bridgehead atoms. The minimum Gasteiger partial charge on any atom is -0.293 e. The van der Waals surface area contributed by atoms with E-state index in [4.69, 9.17) is 0 Å². The number of hydrogen-bond acceptors (Lipinski definition) is 3. The third-order valence-corrected chi connectivity index (χ3v) is 7.27. The Hall–Kier alpha value is -1.17. The van der Waals surface area contributed by atoms with E-state index >= 15 is 0 Å². The molecule has 4 nitrogen and oxygen atoms in total. The SMILES string of the molecule is C=CCN1CCCC12CCCN(S(=O)(=O)Cc1ccc(C)cc1)C2. The summed E-state index contributed by atoms with van der Waals surface area (Å²) in [5.74, 6) is 0.102. The molecule has 132 valence electrons. The molecule has 2 aliphatic heterocycles. The molecule has 1 unspecified atom stereocenters. The van der Waals surface area contributed by atoms with E-state index in [1.54, 1.807) is 4.31 Å². The van der Waals surface area contributed by atoms with Crippen molar-refractivity contribution < 1.29 is 8.42 Å². The molecule has 0 aliphatic carbocycles. The van der Waals surface area contributed by atoms with Crippen LogP contribution in [0, 0.1) is 6.92 Å². The van der Waals surface area contributed by atoms with Crippen molar-refractivity contribution in [2.24, 2.45) is 0 Å². The minimum absolute atomic E-state index is 0.0206. The van der Waals surface area contributed by atoms with Gasteiger partial charge in [-0.1, -0.05) is 35.9 Å². The Morgan fingerprint density at radius 3 is 2.50 bits per heavy atom. The van der Waals surface area contributed by atoms with Crippen molar-refractivity contribution in [1.82, 2.24) is 9.21 Å². The zero-order valence-corrected chi connectivity index (χ0v) is 15.4. The minimum atomic E-state index is -3.27. The van der Waals surface area contributed by atoms with Gasteiger partial charge < -0.3 is 0 Å². The molecule has 3 rings (SSSR count). The lowest BCUT2D eigenvalue weighted by Gasteiger charge is -2.45. The standard InChI is InChI=1S/C19H28N2O2S/c1-3-12-20-13-4-10-19(20)11-5-14-21(16-19)24(22,23)15-18-8-6-17(2)7-9-18/h3,6-9H,1,4-5,10-16H2,2H3. The van der Waals surface area contributed by atoms with Crippen molar-refractivity contribution >= 4 is 10.0 Å². The second-order valence-corrected chi connectivity index (χ2v) is 9.21. The van der Waals surface area contributed by atoms with Crippen LogP contribution in [0.15, 0.2) is 36.9 Å². The first kappa shape index (κ1) is 17.6. The molecule has 0 radical (unpaired) electrons. The summed E-state index contributed by atoms with van der Waals surface area (Å²) in [7, 11) is -3.27. The largest absolute Gasteiger partial charge is 0.293 e. The monoisotopic (exact) mass is 348 g/mol. The van der Waals surface area contributed by atoms with Gasteiger partial charge >= 0.3 is 0 Å². The first-order chi connectivity index (χ1) is 11.5. The lowest BCUT2D eigenvalue weighted by Crippen LogP contribution is -2.56. The summed E-state index contributed by atoms with van der Waals surface area (Å²) in [4.78, 5) is 2.44. The fourth-order valence-electron chi connectivity index (χ4n) is 4.19. The third kappa shape index (κ3) is 3.58. The highest BCUT2D eigenvalue weighted by Crippen LogP contribution is 2.38. The van der Waals surface area contributed by atoms with Gasteiger partial charge in [-0.3, -0.25) is 4.90 Å². The Morgan fingerprint density at radius 2 is 1.83 bits per heavy atom. The molecule has 2 heterocycles. The van der Waals surface area contributed by atoms with Crippen LogP contribution in [-0.4, -0.2) is 49.3 Å². The Balaban J connectivity index is 1.75. The van der Waals surface area contributed by atoms with Gasteiger partial charge in [0.05, 0.1) is 5.75 Å². The molecule has 0 saturated carbocycles. The molecular formula is C19H28N2O2S. The molecule has 2 aliphatic rings. The molecule has 2 fully saturated rings. The summed E-state index contributed by atoms with van der Waals surface area (Å²) in [6, 6.07) is 7.80. The number of benzene rings is 1. The smallest absolute Gasteiger partial charge is 0.218 e. The first-order valence-corrected chi connectivity index (χ1v) is 10.5. The number of aryl methyl sites for hydroxylation is 1. The normalized spacial score (nSPS) is 26.0. The van der Waals surface area contributed by atoms with E-state index in [1.165, 1.54) is 0 Å². The van der Waals surface area contributed by atoms with E-state index in [0.717, 1.165) is 49.9 Å². The molecular weight excluding hydrogens is 320 g/mol. The van der Waals surface area contributed by atoms with Crippen LogP contribution < -0.4 is 0 Å². The highest BCUT2D eigenvalue weighted by atomic mass is 32.2. The predicted octanol–water partition coefficient (Wildman–Crippen LogP) is 2.94. The van der Waals surface area contributed by atoms with Gasteiger partial charge in [0.1, 0.15) is 0 Å². The Kier molecular flexibility index (Phi) is 5.13. The summed E-state index contributed by atoms with van der Waals surface area (Å²) in [5, 5.41) is 0. The summed E-state index contributed by atoms with van der Waals surface area (Å²) in [5.41, 5.74) is 2.04. The number of rotatable bonds is 5. The van der Waals surface area contributed by atoms with Crippen LogP contribution in [0.1, 0.15) is 36.8 Å². The molecule has 0 aromatic heterocycles. The van der Waals surface area contributed by atoms with E-state index in [1.807, 2.05) is 37.3 Å². The van der Waals surface area contributed by atoms with Gasteiger partial charge in [-0.05, 0) is 44.7 Å². The average Bonchev–Trinajstić information content (AvgIpc) is 2.92. The topological polar surface area (TPSA) is 40.6 Å². The van der Waals surface area contributed by atoms with Crippen molar-refractivity contribution in [1.29, 1.82) is 0 Å². The van der Waals surface area contributed by atoms with Crippen molar-refractivity contribution in [3.05, 3.63) is 48.0 Å². The van der Waals surface area contributed by atoms with Gasteiger partial charge in [0.15, 0.2) is 0 Å². The van der Waals surface area contributed by atoms with Crippen LogP contribution in [0.3, 0.4) is 0 Å². The summed E-state index contributed by atoms with van der Waals surface area (Å²) >= 11 is 0. The number of piperidine rings is 1. The second kappa shape index (κ2) is 6.98.